The number of nitrogens with one attached hydrogen (secondary N) is 1. The van der Waals surface area contributed by atoms with Gasteiger partial charge in [-0.2, -0.15) is 0 Å². The number of anilines is 1. The molecule has 0 aliphatic heterocycles. The summed E-state index contributed by atoms with van der Waals surface area (Å²) in [6, 6.07) is 11.6. The molecule has 0 atom stereocenters. The van der Waals surface area contributed by atoms with Gasteiger partial charge >= 0.3 is 0 Å². The largest absolute Gasteiger partial charge is 0.550 e. The number of benzene rings is 2. The number of carbonyl (C=O) groups excluding carboxylic acids is 3. The lowest BCUT2D eigenvalue weighted by atomic mass is 10.0. The smallest absolute Gasteiger partial charge is 0.221 e. The van der Waals surface area contributed by atoms with E-state index in [1.165, 1.54) is 26.2 Å². The van der Waals surface area contributed by atoms with Gasteiger partial charge in [0.1, 0.15) is 5.75 Å². The molecule has 2 rings (SSSR count). The van der Waals surface area contributed by atoms with Gasteiger partial charge in [-0.3, -0.25) is 9.59 Å². The van der Waals surface area contributed by atoms with Crippen molar-refractivity contribution < 1.29 is 24.2 Å². The molecule has 26 heavy (non-hydrogen) atoms. The number of ketones is 1. The quantitative estimate of drug-likeness (QED) is 0.606. The van der Waals surface area contributed by atoms with Gasteiger partial charge in [0.25, 0.3) is 0 Å². The fraction of sp³-hybridized carbons (Fsp3) is 0.150. The number of hydrogen-bond acceptors (Lipinski definition) is 5. The minimum Gasteiger partial charge on any atom is -0.550 e. The van der Waals surface area contributed by atoms with Crippen LogP contribution in [0.3, 0.4) is 0 Å². The van der Waals surface area contributed by atoms with Crippen molar-refractivity contribution in [3.05, 3.63) is 65.2 Å². The third-order valence-electron chi connectivity index (χ3n) is 3.56. The van der Waals surface area contributed by atoms with Gasteiger partial charge in [0.15, 0.2) is 5.78 Å². The van der Waals surface area contributed by atoms with Crippen LogP contribution in [0.25, 0.3) is 6.08 Å². The zero-order valence-corrected chi connectivity index (χ0v) is 14.4. The Morgan fingerprint density at radius 1 is 1.12 bits per heavy atom. The summed E-state index contributed by atoms with van der Waals surface area (Å²) in [5.74, 6) is -1.28. The summed E-state index contributed by atoms with van der Waals surface area (Å²) in [7, 11) is 1.43. The van der Waals surface area contributed by atoms with Crippen LogP contribution in [0.5, 0.6) is 5.75 Å². The maximum atomic E-state index is 12.3. The molecule has 0 unspecified atom stereocenters. The molecule has 6 nitrogen and oxygen atoms in total. The molecule has 0 aromatic heterocycles. The SMILES string of the molecule is COc1ccc(C(=O)/C=C/c2ccc(NC(C)=O)cc2)cc1CC(=O)[O-]. The maximum Gasteiger partial charge on any atom is 0.221 e. The number of amides is 1. The number of carboxylic acids is 1. The Bertz CT molecular complexity index is 853. The Morgan fingerprint density at radius 3 is 2.38 bits per heavy atom. The van der Waals surface area contributed by atoms with E-state index >= 15 is 0 Å². The van der Waals surface area contributed by atoms with Gasteiger partial charge in [-0.05, 0) is 42.0 Å². The molecule has 0 saturated carbocycles. The van der Waals surface area contributed by atoms with Gasteiger partial charge in [-0.25, -0.2) is 0 Å². The van der Waals surface area contributed by atoms with Gasteiger partial charge in [0.05, 0.1) is 7.11 Å². The highest BCUT2D eigenvalue weighted by Crippen LogP contribution is 2.21. The van der Waals surface area contributed by atoms with Crippen LogP contribution in [0.4, 0.5) is 5.69 Å². The van der Waals surface area contributed by atoms with E-state index in [0.29, 0.717) is 22.6 Å². The molecule has 0 aliphatic carbocycles. The summed E-state index contributed by atoms with van der Waals surface area (Å²) in [6.45, 7) is 1.43. The normalized spacial score (nSPS) is 10.5. The minimum absolute atomic E-state index is 0.157. The maximum absolute atomic E-state index is 12.3. The second-order valence-corrected chi connectivity index (χ2v) is 5.58. The predicted octanol–water partition coefficient (Wildman–Crippen LogP) is 1.84. The molecule has 0 bridgehead atoms. The number of rotatable bonds is 7. The van der Waals surface area contributed by atoms with E-state index in [-0.39, 0.29) is 18.1 Å². The van der Waals surface area contributed by atoms with Gasteiger partial charge < -0.3 is 20.0 Å². The fourth-order valence-corrected chi connectivity index (χ4v) is 2.37. The van der Waals surface area contributed by atoms with Gasteiger partial charge in [0, 0.05) is 36.1 Å². The second kappa shape index (κ2) is 8.62. The average Bonchev–Trinajstić information content (AvgIpc) is 2.60. The fourth-order valence-electron chi connectivity index (χ4n) is 2.37. The van der Waals surface area contributed by atoms with Gasteiger partial charge in [-0.1, -0.05) is 18.2 Å². The molecule has 0 radical (unpaired) electrons. The number of hydrogen-bond donors (Lipinski definition) is 1. The van der Waals surface area contributed by atoms with Gasteiger partial charge in [-0.15, -0.1) is 0 Å². The zero-order valence-electron chi connectivity index (χ0n) is 14.4. The van der Waals surface area contributed by atoms with Crippen LogP contribution in [-0.4, -0.2) is 24.8 Å². The Morgan fingerprint density at radius 2 is 1.81 bits per heavy atom. The van der Waals surface area contributed by atoms with Crippen molar-refractivity contribution in [2.24, 2.45) is 0 Å². The highest BCUT2D eigenvalue weighted by atomic mass is 16.5. The third-order valence-corrected chi connectivity index (χ3v) is 3.56. The van der Waals surface area contributed by atoms with Crippen LogP contribution in [0, 0.1) is 0 Å². The standard InChI is InChI=1S/C20H19NO5/c1-13(22)21-17-7-3-14(4-8-17)5-9-18(23)15-6-10-19(26-2)16(11-15)12-20(24)25/h3-11H,12H2,1-2H3,(H,21,22)(H,24,25)/p-1/b9-5+. The number of carboxylic acid groups (broad SMARTS) is 1. The third kappa shape index (κ3) is 5.31. The average molecular weight is 352 g/mol. The molecule has 6 heteroatoms. The summed E-state index contributed by atoms with van der Waals surface area (Å²) in [5, 5.41) is 13.5. The summed E-state index contributed by atoms with van der Waals surface area (Å²) in [4.78, 5) is 34.1. The number of allylic oxidation sites excluding steroid dienone is 1. The highest BCUT2D eigenvalue weighted by Gasteiger charge is 2.09. The number of carbonyl (C=O) groups is 3. The summed E-state index contributed by atoms with van der Waals surface area (Å²) >= 11 is 0. The number of ether oxygens (including phenoxy) is 1. The van der Waals surface area contributed by atoms with Crippen LogP contribution in [0.15, 0.2) is 48.5 Å². The van der Waals surface area contributed by atoms with Crippen molar-refractivity contribution >= 4 is 29.4 Å². The lowest BCUT2D eigenvalue weighted by molar-refractivity contribution is -0.304. The Labute approximate surface area is 151 Å². The van der Waals surface area contributed by atoms with E-state index in [2.05, 4.69) is 5.32 Å². The first-order chi connectivity index (χ1) is 12.4. The molecule has 0 fully saturated rings. The summed E-state index contributed by atoms with van der Waals surface area (Å²) in [6.07, 6.45) is 2.71. The zero-order chi connectivity index (χ0) is 19.1. The lowest BCUT2D eigenvalue weighted by Crippen LogP contribution is -2.24. The second-order valence-electron chi connectivity index (χ2n) is 5.58. The van der Waals surface area contributed by atoms with Crippen LogP contribution in [0.1, 0.15) is 28.4 Å². The molecule has 2 aromatic rings. The van der Waals surface area contributed by atoms with Crippen molar-refractivity contribution in [3.8, 4) is 5.75 Å². The van der Waals surface area contributed by atoms with E-state index in [1.807, 2.05) is 0 Å². The number of aliphatic carboxylic acids is 1. The van der Waals surface area contributed by atoms with Crippen molar-refractivity contribution in [2.45, 2.75) is 13.3 Å². The van der Waals surface area contributed by atoms with Crippen LogP contribution in [0.2, 0.25) is 0 Å². The van der Waals surface area contributed by atoms with Crippen LogP contribution >= 0.6 is 0 Å². The predicted molar refractivity (Wildman–Crippen MR) is 95.8 cm³/mol. The van der Waals surface area contributed by atoms with E-state index in [4.69, 9.17) is 4.74 Å². The summed E-state index contributed by atoms with van der Waals surface area (Å²) in [5.41, 5.74) is 2.19. The molecule has 1 N–H and O–H groups in total. The van der Waals surface area contributed by atoms with Crippen molar-refractivity contribution in [2.75, 3.05) is 12.4 Å². The molecule has 0 spiro atoms. The summed E-state index contributed by atoms with van der Waals surface area (Å²) < 4.78 is 5.10. The van der Waals surface area contributed by atoms with Crippen LogP contribution < -0.4 is 15.2 Å². The lowest BCUT2D eigenvalue weighted by Gasteiger charge is -2.10. The molecule has 2 aromatic carbocycles. The Balaban J connectivity index is 2.14. The molecule has 1 amide bonds. The first-order valence-electron chi connectivity index (χ1n) is 7.86. The molecule has 134 valence electrons. The van der Waals surface area contributed by atoms with E-state index in [9.17, 15) is 19.5 Å². The number of methoxy groups -OCH3 is 1. The van der Waals surface area contributed by atoms with Gasteiger partial charge in [0.2, 0.25) is 5.91 Å². The van der Waals surface area contributed by atoms with E-state index in [0.717, 1.165) is 5.56 Å². The van der Waals surface area contributed by atoms with Crippen LogP contribution in [-0.2, 0) is 16.0 Å². The van der Waals surface area contributed by atoms with Crippen molar-refractivity contribution in [3.63, 3.8) is 0 Å². The molecular formula is C20H18NO5-. The topological polar surface area (TPSA) is 95.5 Å². The first-order valence-corrected chi connectivity index (χ1v) is 7.86. The first kappa shape index (κ1) is 18.9. The molecule has 0 saturated heterocycles. The Kier molecular flexibility index (Phi) is 6.27. The molecule has 0 heterocycles. The van der Waals surface area contributed by atoms with Crippen molar-refractivity contribution in [1.82, 2.24) is 0 Å². The molecular weight excluding hydrogens is 334 g/mol. The van der Waals surface area contributed by atoms with Crippen molar-refractivity contribution in [1.29, 1.82) is 0 Å². The van der Waals surface area contributed by atoms with E-state index in [1.54, 1.807) is 42.5 Å². The van der Waals surface area contributed by atoms with E-state index < -0.39 is 5.97 Å². The Hall–Kier alpha value is -3.41. The molecule has 0 aliphatic rings. The minimum atomic E-state index is -1.25. The monoisotopic (exact) mass is 352 g/mol. The highest BCUT2D eigenvalue weighted by molar-refractivity contribution is 6.07.